The lowest BCUT2D eigenvalue weighted by atomic mass is 10.1. The summed E-state index contributed by atoms with van der Waals surface area (Å²) < 4.78 is 25.1. The molecule has 29 heavy (non-hydrogen) atoms. The van der Waals surface area contributed by atoms with Crippen LogP contribution in [-0.2, 0) is 16.6 Å². The van der Waals surface area contributed by atoms with E-state index in [4.69, 9.17) is 5.14 Å². The van der Waals surface area contributed by atoms with E-state index in [2.05, 4.69) is 9.97 Å². The first-order chi connectivity index (χ1) is 13.5. The van der Waals surface area contributed by atoms with Gasteiger partial charge in [-0.3, -0.25) is 9.59 Å². The number of fused-ring (bicyclic) bond motifs is 1. The second-order valence-electron chi connectivity index (χ2n) is 6.73. The normalized spacial score (nSPS) is 11.9. The molecule has 10 heteroatoms. The quantitative estimate of drug-likeness (QED) is 0.435. The average molecular weight is 435 g/mol. The molecule has 0 atom stereocenters. The van der Waals surface area contributed by atoms with E-state index in [9.17, 15) is 18.0 Å². The Balaban J connectivity index is 1.90. The van der Waals surface area contributed by atoms with Gasteiger partial charge in [0.05, 0.1) is 27.4 Å². The van der Waals surface area contributed by atoms with Gasteiger partial charge in [-0.25, -0.2) is 18.5 Å². The Hall–Kier alpha value is -2.43. The summed E-state index contributed by atoms with van der Waals surface area (Å²) in [5.74, 6) is -0.0896. The maximum absolute atomic E-state index is 12.7. The molecule has 0 saturated heterocycles. The number of rotatable bonds is 7. The highest BCUT2D eigenvalue weighted by atomic mass is 32.2. The van der Waals surface area contributed by atoms with Crippen LogP contribution in [0.4, 0.5) is 0 Å². The third-order valence-corrected chi connectivity index (χ3v) is 6.62. The zero-order valence-corrected chi connectivity index (χ0v) is 18.2. The van der Waals surface area contributed by atoms with Crippen LogP contribution in [0.3, 0.4) is 0 Å². The summed E-state index contributed by atoms with van der Waals surface area (Å²) in [4.78, 5) is 32.0. The highest BCUT2D eigenvalue weighted by Crippen LogP contribution is 2.27. The average Bonchev–Trinajstić information content (AvgIpc) is 3.14. The summed E-state index contributed by atoms with van der Waals surface area (Å²) in [6.45, 7) is 7.56. The van der Waals surface area contributed by atoms with Gasteiger partial charge in [-0.15, -0.1) is 0 Å². The second-order valence-corrected chi connectivity index (χ2v) is 9.23. The van der Waals surface area contributed by atoms with Gasteiger partial charge >= 0.3 is 0 Å². The fourth-order valence-electron chi connectivity index (χ4n) is 3.44. The first-order valence-electron chi connectivity index (χ1n) is 8.93. The van der Waals surface area contributed by atoms with Crippen molar-refractivity contribution in [3.05, 3.63) is 40.7 Å². The first kappa shape index (κ1) is 21.3. The lowest BCUT2D eigenvalue weighted by molar-refractivity contribution is 0.101. The number of nitrogens with one attached hydrogen (secondary N) is 1. The zero-order valence-electron chi connectivity index (χ0n) is 16.6. The van der Waals surface area contributed by atoms with E-state index < -0.39 is 10.0 Å². The number of primary sulfonamides is 1. The zero-order chi connectivity index (χ0) is 21.5. The lowest BCUT2D eigenvalue weighted by Gasteiger charge is -2.05. The second kappa shape index (κ2) is 7.77. The van der Waals surface area contributed by atoms with Gasteiger partial charge in [0.1, 0.15) is 0 Å². The van der Waals surface area contributed by atoms with Gasteiger partial charge in [0.15, 0.2) is 16.7 Å². The van der Waals surface area contributed by atoms with Crippen molar-refractivity contribution in [2.45, 2.75) is 44.3 Å². The van der Waals surface area contributed by atoms with Crippen molar-refractivity contribution in [1.82, 2.24) is 14.5 Å². The van der Waals surface area contributed by atoms with E-state index >= 15 is 0 Å². The van der Waals surface area contributed by atoms with Crippen molar-refractivity contribution in [2.24, 2.45) is 5.14 Å². The molecule has 0 radical (unpaired) electrons. The number of imidazole rings is 1. The number of nitrogens with zero attached hydrogens (tertiary/aromatic N) is 2. The standard InChI is InChI=1S/C19H22N4O4S2/c1-5-23-15-7-6-13(29(20,26)27)8-14(15)22-19(23)28-9-16(25)18-10(2)17(12(4)24)11(3)21-18/h6-8,21H,5,9H2,1-4H3,(H2,20,26,27). The summed E-state index contributed by atoms with van der Waals surface area (Å²) in [5, 5.41) is 5.80. The Bertz CT molecular complexity index is 1240. The number of H-pyrrole nitrogens is 1. The van der Waals surface area contributed by atoms with E-state index in [1.54, 1.807) is 19.9 Å². The number of benzene rings is 1. The molecule has 3 N–H and O–H groups in total. The number of aryl methyl sites for hydroxylation is 2. The Morgan fingerprint density at radius 3 is 2.52 bits per heavy atom. The molecule has 3 aromatic rings. The van der Waals surface area contributed by atoms with Crippen LogP contribution in [0.5, 0.6) is 0 Å². The van der Waals surface area contributed by atoms with Crippen LogP contribution in [0.15, 0.2) is 28.3 Å². The minimum atomic E-state index is -3.82. The number of hydrogen-bond donors (Lipinski definition) is 2. The number of carbonyl (C=O) groups excluding carboxylic acids is 2. The molecule has 0 unspecified atom stereocenters. The molecule has 3 rings (SSSR count). The van der Waals surface area contributed by atoms with Gasteiger partial charge in [-0.1, -0.05) is 11.8 Å². The summed E-state index contributed by atoms with van der Waals surface area (Å²) >= 11 is 1.26. The first-order valence-corrected chi connectivity index (χ1v) is 11.5. The van der Waals surface area contributed by atoms with Crippen LogP contribution in [0.25, 0.3) is 11.0 Å². The predicted molar refractivity (Wildman–Crippen MR) is 112 cm³/mol. The predicted octanol–water partition coefficient (Wildman–Crippen LogP) is 2.83. The van der Waals surface area contributed by atoms with Gasteiger partial charge in [0, 0.05) is 17.8 Å². The molecule has 0 spiro atoms. The van der Waals surface area contributed by atoms with Gasteiger partial charge in [0.25, 0.3) is 0 Å². The SMILES string of the molecule is CCn1c(SCC(=O)c2[nH]c(C)c(C(C)=O)c2C)nc2cc(S(N)(=O)=O)ccc21. The van der Waals surface area contributed by atoms with E-state index in [0.717, 1.165) is 5.52 Å². The number of thioether (sulfide) groups is 1. The number of ketones is 2. The third-order valence-electron chi connectivity index (χ3n) is 4.73. The number of Topliss-reactive ketones (excluding diaryl/α,β-unsaturated/α-hetero) is 2. The molecule has 0 bridgehead atoms. The number of nitrogens with two attached hydrogens (primary N) is 1. The Labute approximate surface area is 172 Å². The van der Waals surface area contributed by atoms with Crippen molar-refractivity contribution in [3.63, 3.8) is 0 Å². The lowest BCUT2D eigenvalue weighted by Crippen LogP contribution is -2.11. The van der Waals surface area contributed by atoms with Crippen LogP contribution in [-0.4, -0.2) is 40.3 Å². The van der Waals surface area contributed by atoms with Gasteiger partial charge in [0.2, 0.25) is 10.0 Å². The molecule has 1 aromatic carbocycles. The molecular formula is C19H22N4O4S2. The number of aromatic amines is 1. The van der Waals surface area contributed by atoms with E-state index in [0.29, 0.717) is 39.7 Å². The molecule has 8 nitrogen and oxygen atoms in total. The maximum Gasteiger partial charge on any atom is 0.238 e. The van der Waals surface area contributed by atoms with Crippen molar-refractivity contribution >= 4 is 44.4 Å². The molecule has 0 aliphatic heterocycles. The van der Waals surface area contributed by atoms with Crippen LogP contribution >= 0.6 is 11.8 Å². The minimum absolute atomic E-state index is 0.00683. The summed E-state index contributed by atoms with van der Waals surface area (Å²) in [6, 6.07) is 4.54. The monoisotopic (exact) mass is 434 g/mol. The van der Waals surface area contributed by atoms with Crippen LogP contribution < -0.4 is 5.14 Å². The van der Waals surface area contributed by atoms with E-state index in [-0.39, 0.29) is 22.2 Å². The molecular weight excluding hydrogens is 412 g/mol. The summed E-state index contributed by atoms with van der Waals surface area (Å²) in [6.07, 6.45) is 0. The molecule has 0 saturated carbocycles. The Kier molecular flexibility index (Phi) is 5.70. The molecule has 0 aliphatic carbocycles. The number of hydrogen-bond acceptors (Lipinski definition) is 6. The summed E-state index contributed by atoms with van der Waals surface area (Å²) in [7, 11) is -3.82. The number of aromatic nitrogens is 3. The largest absolute Gasteiger partial charge is 0.355 e. The summed E-state index contributed by atoms with van der Waals surface area (Å²) in [5.41, 5.74) is 3.58. The third kappa shape index (κ3) is 4.00. The molecule has 0 fully saturated rings. The Morgan fingerprint density at radius 2 is 1.97 bits per heavy atom. The van der Waals surface area contributed by atoms with E-state index in [1.165, 1.54) is 30.8 Å². The van der Waals surface area contributed by atoms with E-state index in [1.807, 2.05) is 11.5 Å². The van der Waals surface area contributed by atoms with Crippen LogP contribution in [0.1, 0.15) is 46.0 Å². The fourth-order valence-corrected chi connectivity index (χ4v) is 4.92. The number of carbonyl (C=O) groups is 2. The molecule has 0 amide bonds. The van der Waals surface area contributed by atoms with Crippen molar-refractivity contribution in [2.75, 3.05) is 5.75 Å². The van der Waals surface area contributed by atoms with Crippen molar-refractivity contribution < 1.29 is 18.0 Å². The van der Waals surface area contributed by atoms with Crippen LogP contribution in [0.2, 0.25) is 0 Å². The highest BCUT2D eigenvalue weighted by molar-refractivity contribution is 7.99. The number of sulfonamides is 1. The van der Waals surface area contributed by atoms with Crippen LogP contribution in [0, 0.1) is 13.8 Å². The molecule has 2 aromatic heterocycles. The van der Waals surface area contributed by atoms with Crippen molar-refractivity contribution in [1.29, 1.82) is 0 Å². The molecule has 0 aliphatic rings. The topological polar surface area (TPSA) is 128 Å². The van der Waals surface area contributed by atoms with Gasteiger partial charge < -0.3 is 9.55 Å². The van der Waals surface area contributed by atoms with Gasteiger partial charge in [-0.05, 0) is 51.5 Å². The maximum atomic E-state index is 12.7. The fraction of sp³-hybridized carbons (Fsp3) is 0.316. The van der Waals surface area contributed by atoms with Gasteiger partial charge in [-0.2, -0.15) is 0 Å². The van der Waals surface area contributed by atoms with Crippen molar-refractivity contribution in [3.8, 4) is 0 Å². The minimum Gasteiger partial charge on any atom is -0.355 e. The Morgan fingerprint density at radius 1 is 1.28 bits per heavy atom. The highest BCUT2D eigenvalue weighted by Gasteiger charge is 2.21. The molecule has 154 valence electrons. The smallest absolute Gasteiger partial charge is 0.238 e. The molecule has 2 heterocycles.